The molecule has 0 aromatic heterocycles. The number of ether oxygens (including phenoxy) is 2. The van der Waals surface area contributed by atoms with Crippen LogP contribution in [0.3, 0.4) is 0 Å². The number of methoxy groups -OCH3 is 1. The first kappa shape index (κ1) is 27.6. The highest BCUT2D eigenvalue weighted by Crippen LogP contribution is 2.51. The zero-order chi connectivity index (χ0) is 26.0. The summed E-state index contributed by atoms with van der Waals surface area (Å²) in [6.45, 7) is 2.15. The number of benzene rings is 1. The van der Waals surface area contributed by atoms with Crippen molar-refractivity contribution < 1.29 is 44.6 Å². The molecule has 0 bridgehead atoms. The molecule has 0 spiro atoms. The van der Waals surface area contributed by atoms with Crippen molar-refractivity contribution in [1.29, 1.82) is 0 Å². The zero-order valence-corrected chi connectivity index (χ0v) is 19.7. The van der Waals surface area contributed by atoms with Crippen molar-refractivity contribution in [2.45, 2.75) is 83.2 Å². The Labute approximate surface area is 199 Å². The van der Waals surface area contributed by atoms with Crippen molar-refractivity contribution in [1.82, 2.24) is 0 Å². The number of allylic oxidation sites excluding steroid dienone is 1. The predicted molar refractivity (Wildman–Crippen MR) is 114 cm³/mol. The molecule has 10 heteroatoms. The quantitative estimate of drug-likeness (QED) is 0.267. The van der Waals surface area contributed by atoms with Gasteiger partial charge in [-0.15, -0.1) is 0 Å². The predicted octanol–water partition coefficient (Wildman–Crippen LogP) is 9.04. The van der Waals surface area contributed by atoms with Crippen molar-refractivity contribution in [3.05, 3.63) is 34.9 Å². The van der Waals surface area contributed by atoms with Crippen LogP contribution in [-0.4, -0.2) is 13.2 Å². The zero-order valence-electron chi connectivity index (χ0n) is 19.7. The number of hydrogen-bond donors (Lipinski definition) is 0. The molecule has 35 heavy (non-hydrogen) atoms. The lowest BCUT2D eigenvalue weighted by Crippen LogP contribution is -2.32. The maximum atomic E-state index is 14.9. The third-order valence-electron chi connectivity index (χ3n) is 7.23. The van der Waals surface area contributed by atoms with E-state index in [1.165, 1.54) is 12.5 Å². The highest BCUT2D eigenvalue weighted by Gasteiger charge is 2.50. The molecule has 0 heterocycles. The van der Waals surface area contributed by atoms with Gasteiger partial charge in [-0.25, -0.2) is 0 Å². The van der Waals surface area contributed by atoms with E-state index in [2.05, 4.69) is 16.4 Å². The molecule has 0 radical (unpaired) electrons. The fourth-order valence-corrected chi connectivity index (χ4v) is 5.49. The van der Waals surface area contributed by atoms with Crippen LogP contribution in [0.4, 0.5) is 35.1 Å². The van der Waals surface area contributed by atoms with E-state index in [0.717, 1.165) is 39.2 Å². The average Bonchev–Trinajstić information content (AvgIpc) is 2.78. The molecule has 1 unspecified atom stereocenters. The van der Waals surface area contributed by atoms with Crippen LogP contribution >= 0.6 is 0 Å². The molecule has 0 aliphatic heterocycles. The lowest BCUT2D eigenvalue weighted by atomic mass is 9.70. The number of rotatable bonds is 7. The first-order chi connectivity index (χ1) is 16.3. The van der Waals surface area contributed by atoms with Gasteiger partial charge < -0.3 is 9.47 Å². The van der Waals surface area contributed by atoms with E-state index in [4.69, 9.17) is 0 Å². The maximum Gasteiger partial charge on any atom is 0.422 e. The van der Waals surface area contributed by atoms with Gasteiger partial charge in [0.25, 0.3) is 0 Å². The summed E-state index contributed by atoms with van der Waals surface area (Å²) in [4.78, 5) is 0. The Morgan fingerprint density at radius 3 is 1.86 bits per heavy atom. The summed E-state index contributed by atoms with van der Waals surface area (Å²) < 4.78 is 120. The molecule has 0 saturated heterocycles. The summed E-state index contributed by atoms with van der Waals surface area (Å²) in [7, 11) is 0.763. The van der Waals surface area contributed by atoms with E-state index >= 15 is 0 Å². The molecule has 1 aromatic carbocycles. The normalized spacial score (nSPS) is 24.2. The number of halogens is 8. The van der Waals surface area contributed by atoms with E-state index in [1.54, 1.807) is 0 Å². The van der Waals surface area contributed by atoms with Gasteiger partial charge in [0.15, 0.2) is 0 Å². The average molecular weight is 514 g/mol. The minimum absolute atomic E-state index is 0.0871. The van der Waals surface area contributed by atoms with Gasteiger partial charge in [0.05, 0.1) is 7.11 Å². The third-order valence-corrected chi connectivity index (χ3v) is 7.23. The molecule has 2 nitrogen and oxygen atoms in total. The van der Waals surface area contributed by atoms with E-state index in [-0.39, 0.29) is 12.3 Å². The van der Waals surface area contributed by atoms with Gasteiger partial charge in [-0.2, -0.15) is 35.1 Å². The summed E-state index contributed by atoms with van der Waals surface area (Å²) in [6, 6.07) is 0.982. The molecule has 1 atom stereocenters. The van der Waals surface area contributed by atoms with E-state index in [1.807, 2.05) is 0 Å². The fourth-order valence-electron chi connectivity index (χ4n) is 5.49. The monoisotopic (exact) mass is 514 g/mol. The van der Waals surface area contributed by atoms with Crippen molar-refractivity contribution in [2.75, 3.05) is 7.11 Å². The van der Waals surface area contributed by atoms with Gasteiger partial charge in [-0.05, 0) is 62.0 Å². The second-order valence-corrected chi connectivity index (χ2v) is 9.46. The highest BCUT2D eigenvalue weighted by molar-refractivity contribution is 5.52. The van der Waals surface area contributed by atoms with Crippen molar-refractivity contribution in [3.63, 3.8) is 0 Å². The Morgan fingerprint density at radius 2 is 1.37 bits per heavy atom. The molecule has 0 N–H and O–H groups in total. The van der Waals surface area contributed by atoms with Gasteiger partial charge in [0.2, 0.25) is 0 Å². The first-order valence-electron chi connectivity index (χ1n) is 11.9. The second kappa shape index (κ2) is 10.5. The maximum absolute atomic E-state index is 14.9. The molecule has 1 saturated carbocycles. The van der Waals surface area contributed by atoms with Crippen LogP contribution in [0, 0.1) is 17.8 Å². The standard InChI is InChI=1S/C25H30F8O2/c1-3-4-15-5-7-16(8-6-15)17-9-11-18(12-10-17)25(32,33)35-20-14-13-19(34-2)21(23(26,27)28)22(20)24(29,30)31/h11,13-17H,3-10,12H2,1-2H3. The summed E-state index contributed by atoms with van der Waals surface area (Å²) in [5.41, 5.74) is -5.04. The molecule has 0 amide bonds. The van der Waals surface area contributed by atoms with Gasteiger partial charge in [0.1, 0.15) is 22.6 Å². The van der Waals surface area contributed by atoms with Crippen LogP contribution < -0.4 is 9.47 Å². The summed E-state index contributed by atoms with van der Waals surface area (Å²) in [5.74, 6) is -1.39. The lowest BCUT2D eigenvalue weighted by molar-refractivity contribution is -0.173. The van der Waals surface area contributed by atoms with Crippen LogP contribution in [-0.2, 0) is 12.4 Å². The molecule has 2 aliphatic carbocycles. The molecular formula is C25H30F8O2. The Kier molecular flexibility index (Phi) is 8.31. The van der Waals surface area contributed by atoms with E-state index in [0.29, 0.717) is 36.8 Å². The van der Waals surface area contributed by atoms with Crippen LogP contribution in [0.2, 0.25) is 0 Å². The van der Waals surface area contributed by atoms with Crippen LogP contribution in [0.25, 0.3) is 0 Å². The highest BCUT2D eigenvalue weighted by atomic mass is 19.4. The van der Waals surface area contributed by atoms with Gasteiger partial charge in [-0.1, -0.05) is 38.7 Å². The number of alkyl halides is 8. The number of hydrogen-bond acceptors (Lipinski definition) is 2. The van der Waals surface area contributed by atoms with Gasteiger partial charge in [-0.3, -0.25) is 0 Å². The second-order valence-electron chi connectivity index (χ2n) is 9.46. The summed E-state index contributed by atoms with van der Waals surface area (Å²) in [5, 5.41) is 0. The Balaban J connectivity index is 1.80. The summed E-state index contributed by atoms with van der Waals surface area (Å²) in [6.07, 6.45) is -6.68. The molecule has 1 fully saturated rings. The molecule has 2 aliphatic rings. The molecule has 1 aromatic rings. The van der Waals surface area contributed by atoms with Crippen molar-refractivity contribution >= 4 is 0 Å². The molecule has 198 valence electrons. The molecular weight excluding hydrogens is 484 g/mol. The minimum atomic E-state index is -5.60. The fraction of sp³-hybridized carbons (Fsp3) is 0.680. The summed E-state index contributed by atoms with van der Waals surface area (Å²) >= 11 is 0. The topological polar surface area (TPSA) is 18.5 Å². The smallest absolute Gasteiger partial charge is 0.422 e. The first-order valence-corrected chi connectivity index (χ1v) is 11.9. The largest absolute Gasteiger partial charge is 0.496 e. The van der Waals surface area contributed by atoms with Crippen LogP contribution in [0.15, 0.2) is 23.8 Å². The van der Waals surface area contributed by atoms with E-state index in [9.17, 15) is 35.1 Å². The van der Waals surface area contributed by atoms with Crippen molar-refractivity contribution in [3.8, 4) is 11.5 Å². The Bertz CT molecular complexity index is 896. The van der Waals surface area contributed by atoms with Crippen LogP contribution in [0.1, 0.15) is 75.8 Å². The van der Waals surface area contributed by atoms with Gasteiger partial charge >= 0.3 is 18.5 Å². The van der Waals surface area contributed by atoms with Gasteiger partial charge in [0, 0.05) is 5.57 Å². The third kappa shape index (κ3) is 6.42. The Hall–Kier alpha value is -2.00. The lowest BCUT2D eigenvalue weighted by Gasteiger charge is -2.36. The Morgan fingerprint density at radius 1 is 0.800 bits per heavy atom. The van der Waals surface area contributed by atoms with Crippen LogP contribution in [0.5, 0.6) is 11.5 Å². The SMILES string of the molecule is CCCC1CCC(C2CC=C(C(F)(F)Oc3ccc(OC)c(C(F)(F)F)c3C(F)(F)F)CC2)CC1. The van der Waals surface area contributed by atoms with E-state index < -0.39 is 46.7 Å². The van der Waals surface area contributed by atoms with Crippen molar-refractivity contribution in [2.24, 2.45) is 17.8 Å². The minimum Gasteiger partial charge on any atom is -0.496 e. The molecule has 3 rings (SSSR count).